The first kappa shape index (κ1) is 27.9. The maximum Gasteiger partial charge on any atom is 0.416 e. The smallest absolute Gasteiger partial charge is 0.370 e. The van der Waals surface area contributed by atoms with Crippen LogP contribution in [-0.2, 0) is 6.18 Å². The largest absolute Gasteiger partial charge is 0.416 e. The predicted molar refractivity (Wildman–Crippen MR) is 144 cm³/mol. The van der Waals surface area contributed by atoms with Gasteiger partial charge < -0.3 is 20.4 Å². The molecule has 1 aromatic carbocycles. The van der Waals surface area contributed by atoms with Gasteiger partial charge in [-0.2, -0.15) is 13.2 Å². The molecule has 1 saturated heterocycles. The molecule has 0 aliphatic carbocycles. The lowest BCUT2D eigenvalue weighted by atomic mass is 9.98. The van der Waals surface area contributed by atoms with Crippen LogP contribution in [0.4, 0.5) is 24.5 Å². The van der Waals surface area contributed by atoms with Crippen molar-refractivity contribution in [1.82, 2.24) is 15.2 Å². The Morgan fingerprint density at radius 1 is 1.33 bits per heavy atom. The van der Waals surface area contributed by atoms with E-state index in [0.29, 0.717) is 30.4 Å². The zero-order chi connectivity index (χ0) is 26.3. The van der Waals surface area contributed by atoms with Crippen LogP contribution in [0.25, 0.3) is 0 Å². The number of anilines is 2. The highest BCUT2D eigenvalue weighted by Crippen LogP contribution is 2.36. The summed E-state index contributed by atoms with van der Waals surface area (Å²) in [5, 5.41) is 9.06. The van der Waals surface area contributed by atoms with Gasteiger partial charge in [-0.15, -0.1) is 17.9 Å². The third kappa shape index (κ3) is 6.97. The molecule has 2 aromatic rings. The predicted octanol–water partition coefficient (Wildman–Crippen LogP) is 5.89. The maximum atomic E-state index is 13.4. The Hall–Kier alpha value is -2.66. The van der Waals surface area contributed by atoms with Crippen molar-refractivity contribution in [3.63, 3.8) is 0 Å². The van der Waals surface area contributed by atoms with Gasteiger partial charge in [0.25, 0.3) is 5.91 Å². The van der Waals surface area contributed by atoms with E-state index in [1.807, 2.05) is 18.7 Å². The zero-order valence-electron chi connectivity index (χ0n) is 20.5. The van der Waals surface area contributed by atoms with Crippen molar-refractivity contribution < 1.29 is 18.0 Å². The van der Waals surface area contributed by atoms with Crippen LogP contribution in [0.15, 0.2) is 36.2 Å². The lowest BCUT2D eigenvalue weighted by molar-refractivity contribution is -0.137. The number of amides is 1. The highest BCUT2D eigenvalue weighted by Gasteiger charge is 2.32. The van der Waals surface area contributed by atoms with E-state index in [0.717, 1.165) is 49.5 Å². The number of hydrogen-bond acceptors (Lipinski definition) is 5. The fraction of sp³-hybridized carbons (Fsp3) is 0.480. The Morgan fingerprint density at radius 2 is 2.06 bits per heavy atom. The van der Waals surface area contributed by atoms with Crippen LogP contribution in [0.3, 0.4) is 0 Å². The third-order valence-electron chi connectivity index (χ3n) is 6.07. The molecule has 0 unspecified atom stereocenters. The van der Waals surface area contributed by atoms with Crippen molar-refractivity contribution in [2.24, 2.45) is 0 Å². The van der Waals surface area contributed by atoms with Crippen LogP contribution in [0, 0.1) is 0 Å². The molecule has 1 amide bonds. The second-order valence-corrected chi connectivity index (χ2v) is 9.85. The number of alkyl halides is 3. The van der Waals surface area contributed by atoms with E-state index in [9.17, 15) is 18.0 Å². The third-order valence-corrected chi connectivity index (χ3v) is 7.48. The van der Waals surface area contributed by atoms with Gasteiger partial charge >= 0.3 is 6.18 Å². The van der Waals surface area contributed by atoms with E-state index in [1.54, 1.807) is 11.5 Å². The first-order valence-corrected chi connectivity index (χ1v) is 13.3. The van der Waals surface area contributed by atoms with Gasteiger partial charge in [0.1, 0.15) is 5.69 Å². The molecule has 6 nitrogen and oxygen atoms in total. The number of halogens is 3. The molecule has 11 heteroatoms. The van der Waals surface area contributed by atoms with Crippen LogP contribution in [0.1, 0.15) is 60.1 Å². The number of thiocarbonyl (C=S) groups is 1. The molecule has 2 N–H and O–H groups in total. The zero-order valence-corrected chi connectivity index (χ0v) is 22.2. The number of nitrogens with zero attached hydrogens (tertiary/aromatic N) is 3. The minimum atomic E-state index is -4.51. The summed E-state index contributed by atoms with van der Waals surface area (Å²) in [5.74, 6) is -0.308. The lowest BCUT2D eigenvalue weighted by Crippen LogP contribution is -2.43. The quantitative estimate of drug-likeness (QED) is 0.306. The highest BCUT2D eigenvalue weighted by atomic mass is 32.1. The molecule has 3 rings (SSSR count). The van der Waals surface area contributed by atoms with Crippen molar-refractivity contribution in [1.29, 1.82) is 0 Å². The molecule has 196 valence electrons. The average Bonchev–Trinajstić information content (AvgIpc) is 3.36. The summed E-state index contributed by atoms with van der Waals surface area (Å²) in [4.78, 5) is 21.6. The number of likely N-dealkylation sites (tertiary alicyclic amines) is 1. The van der Waals surface area contributed by atoms with E-state index >= 15 is 0 Å². The van der Waals surface area contributed by atoms with Crippen molar-refractivity contribution >= 4 is 45.9 Å². The SMILES string of the molecule is C=CCNC(=S)N1CCC(c2nc(C(=O)Nc3cc(C(F)(F)F)ccc3N(CC)CCC)cs2)CC1. The summed E-state index contributed by atoms with van der Waals surface area (Å²) >= 11 is 6.81. The number of nitrogens with one attached hydrogen (secondary N) is 2. The fourth-order valence-corrected chi connectivity index (χ4v) is 5.41. The Kier molecular flexibility index (Phi) is 9.72. The van der Waals surface area contributed by atoms with Crippen LogP contribution in [-0.4, -0.2) is 53.6 Å². The van der Waals surface area contributed by atoms with Gasteiger partial charge in [0.2, 0.25) is 0 Å². The van der Waals surface area contributed by atoms with Crippen molar-refractivity contribution in [2.75, 3.05) is 42.9 Å². The molecule has 1 aliphatic heterocycles. The molecule has 0 saturated carbocycles. The summed E-state index contributed by atoms with van der Waals surface area (Å²) in [6.45, 7) is 11.1. The van der Waals surface area contributed by atoms with Crippen molar-refractivity contribution in [3.05, 3.63) is 52.5 Å². The number of piperidine rings is 1. The van der Waals surface area contributed by atoms with Crippen LogP contribution in [0.2, 0.25) is 0 Å². The summed E-state index contributed by atoms with van der Waals surface area (Å²) in [6, 6.07) is 3.47. The monoisotopic (exact) mass is 539 g/mol. The van der Waals surface area contributed by atoms with Gasteiger partial charge in [0.05, 0.1) is 21.9 Å². The Balaban J connectivity index is 1.73. The summed E-state index contributed by atoms with van der Waals surface area (Å²) < 4.78 is 40.1. The standard InChI is InChI=1S/C25H32F3N5OS2/c1-4-11-29-24(35)33-13-9-17(10-14-33)23-31-20(16-36-23)22(34)30-19-15-18(25(26,27)28)7-8-21(19)32(6-3)12-5-2/h4,7-8,15-17H,1,5-6,9-14H2,2-3H3,(H,29,35)(H,30,34). The van der Waals surface area contributed by atoms with E-state index < -0.39 is 17.6 Å². The number of carbonyl (C=O) groups is 1. The summed E-state index contributed by atoms with van der Waals surface area (Å²) in [7, 11) is 0. The molecule has 0 radical (unpaired) electrons. The minimum Gasteiger partial charge on any atom is -0.370 e. The topological polar surface area (TPSA) is 60.5 Å². The lowest BCUT2D eigenvalue weighted by Gasteiger charge is -2.33. The highest BCUT2D eigenvalue weighted by molar-refractivity contribution is 7.80. The van der Waals surface area contributed by atoms with Gasteiger partial charge in [-0.05, 0) is 56.6 Å². The molecule has 1 aromatic heterocycles. The van der Waals surface area contributed by atoms with Crippen LogP contribution >= 0.6 is 23.6 Å². The molecule has 0 spiro atoms. The molecular weight excluding hydrogens is 507 g/mol. The van der Waals surface area contributed by atoms with Gasteiger partial charge in [-0.3, -0.25) is 4.79 Å². The normalized spacial score (nSPS) is 14.4. The van der Waals surface area contributed by atoms with Gasteiger partial charge in [0, 0.05) is 44.0 Å². The second kappa shape index (κ2) is 12.5. The summed E-state index contributed by atoms with van der Waals surface area (Å²) in [6.07, 6.45) is -0.222. The number of benzene rings is 1. The van der Waals surface area contributed by atoms with Gasteiger partial charge in [0.15, 0.2) is 5.11 Å². The fourth-order valence-electron chi connectivity index (χ4n) is 4.17. The van der Waals surface area contributed by atoms with E-state index in [-0.39, 0.29) is 17.3 Å². The molecule has 36 heavy (non-hydrogen) atoms. The molecule has 0 bridgehead atoms. The van der Waals surface area contributed by atoms with Gasteiger partial charge in [-0.25, -0.2) is 4.98 Å². The van der Waals surface area contributed by atoms with Crippen LogP contribution in [0.5, 0.6) is 0 Å². The molecule has 0 atom stereocenters. The number of aromatic nitrogens is 1. The first-order valence-electron chi connectivity index (χ1n) is 12.0. The number of thiazole rings is 1. The second-order valence-electron chi connectivity index (χ2n) is 8.57. The molecular formula is C25H32F3N5OS2. The maximum absolute atomic E-state index is 13.4. The van der Waals surface area contributed by atoms with Crippen molar-refractivity contribution in [2.45, 2.75) is 45.2 Å². The average molecular weight is 540 g/mol. The van der Waals surface area contributed by atoms with Crippen molar-refractivity contribution in [3.8, 4) is 0 Å². The number of hydrogen-bond donors (Lipinski definition) is 2. The Labute approximate surface area is 219 Å². The first-order chi connectivity index (χ1) is 17.2. The molecule has 1 fully saturated rings. The van der Waals surface area contributed by atoms with E-state index in [1.165, 1.54) is 17.4 Å². The summed E-state index contributed by atoms with van der Waals surface area (Å²) in [5.41, 5.74) is 0.0981. The van der Waals surface area contributed by atoms with Gasteiger partial charge in [-0.1, -0.05) is 13.0 Å². The number of rotatable bonds is 9. The minimum absolute atomic E-state index is 0.133. The molecule has 1 aliphatic rings. The Morgan fingerprint density at radius 3 is 2.67 bits per heavy atom. The van der Waals surface area contributed by atoms with E-state index in [4.69, 9.17) is 12.2 Å². The van der Waals surface area contributed by atoms with Crippen LogP contribution < -0.4 is 15.5 Å². The van der Waals surface area contributed by atoms with E-state index in [2.05, 4.69) is 27.1 Å². The number of carbonyl (C=O) groups excluding carboxylic acids is 1. The molecule has 2 heterocycles. The Bertz CT molecular complexity index is 1060.